The van der Waals surface area contributed by atoms with Crippen LogP contribution in [0.5, 0.6) is 5.75 Å². The molecule has 1 rings (SSSR count). The van der Waals surface area contributed by atoms with Crippen molar-refractivity contribution in [1.29, 1.82) is 0 Å². The Morgan fingerprint density at radius 2 is 2.12 bits per heavy atom. The molecule has 0 aromatic carbocycles. The maximum absolute atomic E-state index is 13.0. The maximum atomic E-state index is 13.0. The SMILES string of the molecule is Nc1c(OC(F)(F)F)cnc(F)c1CC(=O)O. The molecular weight excluding hydrogens is 248 g/mol. The molecule has 0 aliphatic carbocycles. The average Bonchev–Trinajstić information content (AvgIpc) is 2.15. The number of carboxylic acid groups (broad SMARTS) is 1. The Morgan fingerprint density at radius 1 is 1.53 bits per heavy atom. The molecule has 0 saturated heterocycles. The summed E-state index contributed by atoms with van der Waals surface area (Å²) in [5.41, 5.74) is 3.78. The number of pyridine rings is 1. The summed E-state index contributed by atoms with van der Waals surface area (Å²) in [6, 6.07) is 0. The Hall–Kier alpha value is -2.06. The van der Waals surface area contributed by atoms with Crippen LogP contribution in [-0.4, -0.2) is 22.4 Å². The molecule has 0 saturated carbocycles. The smallest absolute Gasteiger partial charge is 0.481 e. The van der Waals surface area contributed by atoms with Crippen LogP contribution >= 0.6 is 0 Å². The number of halogens is 4. The van der Waals surface area contributed by atoms with E-state index in [0.717, 1.165) is 0 Å². The number of aliphatic carboxylic acids is 1. The summed E-state index contributed by atoms with van der Waals surface area (Å²) in [5.74, 6) is -3.64. The van der Waals surface area contributed by atoms with Crippen molar-refractivity contribution < 1.29 is 32.2 Å². The van der Waals surface area contributed by atoms with Crippen LogP contribution in [0, 0.1) is 5.95 Å². The van der Waals surface area contributed by atoms with Gasteiger partial charge in [-0.1, -0.05) is 0 Å². The molecule has 0 bridgehead atoms. The molecule has 0 atom stereocenters. The highest BCUT2D eigenvalue weighted by atomic mass is 19.4. The molecule has 0 amide bonds. The van der Waals surface area contributed by atoms with E-state index in [-0.39, 0.29) is 0 Å². The monoisotopic (exact) mass is 254 g/mol. The van der Waals surface area contributed by atoms with E-state index in [9.17, 15) is 22.4 Å². The summed E-state index contributed by atoms with van der Waals surface area (Å²) in [4.78, 5) is 13.3. The highest BCUT2D eigenvalue weighted by Crippen LogP contribution is 2.31. The van der Waals surface area contributed by atoms with E-state index in [1.54, 1.807) is 0 Å². The van der Waals surface area contributed by atoms with E-state index < -0.39 is 41.7 Å². The number of carbonyl (C=O) groups is 1. The van der Waals surface area contributed by atoms with E-state index in [0.29, 0.717) is 6.20 Å². The van der Waals surface area contributed by atoms with Crippen LogP contribution in [0.4, 0.5) is 23.2 Å². The first kappa shape index (κ1) is 13.0. The van der Waals surface area contributed by atoms with Crippen LogP contribution in [0.25, 0.3) is 0 Å². The average molecular weight is 254 g/mol. The zero-order chi connectivity index (χ0) is 13.2. The van der Waals surface area contributed by atoms with Crippen molar-refractivity contribution in [2.75, 3.05) is 5.73 Å². The van der Waals surface area contributed by atoms with Gasteiger partial charge < -0.3 is 15.6 Å². The van der Waals surface area contributed by atoms with Crippen LogP contribution in [-0.2, 0) is 11.2 Å². The fourth-order valence-electron chi connectivity index (χ4n) is 1.05. The van der Waals surface area contributed by atoms with Crippen molar-refractivity contribution >= 4 is 11.7 Å². The molecule has 0 unspecified atom stereocenters. The number of nitrogens with zero attached hydrogens (tertiary/aromatic N) is 1. The Labute approximate surface area is 91.8 Å². The molecule has 0 fully saturated rings. The number of hydrogen-bond donors (Lipinski definition) is 2. The lowest BCUT2D eigenvalue weighted by atomic mass is 10.1. The lowest BCUT2D eigenvalue weighted by molar-refractivity contribution is -0.274. The number of hydrogen-bond acceptors (Lipinski definition) is 4. The Balaban J connectivity index is 3.14. The minimum atomic E-state index is -5.02. The first-order chi connectivity index (χ1) is 7.70. The maximum Gasteiger partial charge on any atom is 0.573 e. The van der Waals surface area contributed by atoms with Crippen molar-refractivity contribution in [2.45, 2.75) is 12.8 Å². The number of nitrogens with two attached hydrogens (primary N) is 1. The fraction of sp³-hybridized carbons (Fsp3) is 0.250. The number of carboxylic acids is 1. The fourth-order valence-corrected chi connectivity index (χ4v) is 1.05. The second-order valence-electron chi connectivity index (χ2n) is 2.92. The van der Waals surface area contributed by atoms with Crippen LogP contribution in [0.1, 0.15) is 5.56 Å². The molecular formula is C8H6F4N2O3. The first-order valence-corrected chi connectivity index (χ1v) is 4.11. The second-order valence-corrected chi connectivity index (χ2v) is 2.92. The summed E-state index contributed by atoms with van der Waals surface area (Å²) in [5, 5.41) is 8.43. The minimum absolute atomic E-state index is 0.434. The minimum Gasteiger partial charge on any atom is -0.481 e. The Morgan fingerprint density at radius 3 is 2.59 bits per heavy atom. The molecule has 1 aromatic heterocycles. The number of anilines is 1. The lowest BCUT2D eigenvalue weighted by Crippen LogP contribution is -2.19. The lowest BCUT2D eigenvalue weighted by Gasteiger charge is -2.12. The van der Waals surface area contributed by atoms with Crippen molar-refractivity contribution in [3.8, 4) is 5.75 Å². The third-order valence-electron chi connectivity index (χ3n) is 1.69. The van der Waals surface area contributed by atoms with Gasteiger partial charge in [0.2, 0.25) is 5.95 Å². The molecule has 0 radical (unpaired) electrons. The van der Waals surface area contributed by atoms with Crippen molar-refractivity contribution in [3.63, 3.8) is 0 Å². The van der Waals surface area contributed by atoms with Gasteiger partial charge in [-0.25, -0.2) is 4.98 Å². The standard InChI is InChI=1S/C8H6F4N2O3/c9-7-3(1-5(15)16)6(13)4(2-14-7)17-8(10,11)12/h2H,1H2,(H2,13,14)(H,15,16). The van der Waals surface area contributed by atoms with Crippen LogP contribution < -0.4 is 10.5 Å². The Kier molecular flexibility index (Phi) is 3.39. The molecule has 0 spiro atoms. The zero-order valence-electron chi connectivity index (χ0n) is 8.08. The van der Waals surface area contributed by atoms with Crippen molar-refractivity contribution in [2.24, 2.45) is 0 Å². The van der Waals surface area contributed by atoms with Gasteiger partial charge in [-0.05, 0) is 0 Å². The molecule has 0 aliphatic heterocycles. The van der Waals surface area contributed by atoms with Gasteiger partial charge in [0.05, 0.1) is 18.3 Å². The third kappa shape index (κ3) is 3.47. The second kappa shape index (κ2) is 4.44. The van der Waals surface area contributed by atoms with Gasteiger partial charge in [0, 0.05) is 5.56 Å². The van der Waals surface area contributed by atoms with E-state index in [2.05, 4.69) is 9.72 Å². The normalized spacial score (nSPS) is 11.3. The number of rotatable bonds is 3. The summed E-state index contributed by atoms with van der Waals surface area (Å²) in [6.07, 6.45) is -5.47. The molecule has 1 heterocycles. The summed E-state index contributed by atoms with van der Waals surface area (Å²) in [7, 11) is 0. The molecule has 94 valence electrons. The van der Waals surface area contributed by atoms with Gasteiger partial charge in [-0.2, -0.15) is 4.39 Å². The van der Waals surface area contributed by atoms with Crippen LogP contribution in [0.15, 0.2) is 6.20 Å². The van der Waals surface area contributed by atoms with Crippen molar-refractivity contribution in [1.82, 2.24) is 4.98 Å². The number of nitrogen functional groups attached to an aromatic ring is 1. The zero-order valence-corrected chi connectivity index (χ0v) is 8.08. The highest BCUT2D eigenvalue weighted by molar-refractivity contribution is 5.74. The predicted molar refractivity (Wildman–Crippen MR) is 46.6 cm³/mol. The predicted octanol–water partition coefficient (Wildman–Crippen LogP) is 1.33. The largest absolute Gasteiger partial charge is 0.573 e. The van der Waals surface area contributed by atoms with Gasteiger partial charge in [-0.3, -0.25) is 4.79 Å². The number of alkyl halides is 3. The number of ether oxygens (including phenoxy) is 1. The highest BCUT2D eigenvalue weighted by Gasteiger charge is 2.33. The molecule has 5 nitrogen and oxygen atoms in total. The molecule has 1 aromatic rings. The Bertz CT molecular complexity index is 447. The van der Waals surface area contributed by atoms with Gasteiger partial charge >= 0.3 is 12.3 Å². The summed E-state index contributed by atoms with van der Waals surface area (Å²) in [6.45, 7) is 0. The first-order valence-electron chi connectivity index (χ1n) is 4.11. The number of aromatic nitrogens is 1. The van der Waals surface area contributed by atoms with Gasteiger partial charge in [0.15, 0.2) is 5.75 Å². The van der Waals surface area contributed by atoms with Crippen LogP contribution in [0.2, 0.25) is 0 Å². The third-order valence-corrected chi connectivity index (χ3v) is 1.69. The van der Waals surface area contributed by atoms with Crippen molar-refractivity contribution in [3.05, 3.63) is 17.7 Å². The van der Waals surface area contributed by atoms with Gasteiger partial charge in [0.1, 0.15) is 0 Å². The van der Waals surface area contributed by atoms with Gasteiger partial charge in [-0.15, -0.1) is 13.2 Å². The molecule has 9 heteroatoms. The molecule has 0 aliphatic rings. The quantitative estimate of drug-likeness (QED) is 0.627. The molecule has 17 heavy (non-hydrogen) atoms. The summed E-state index contributed by atoms with van der Waals surface area (Å²) < 4.78 is 52.2. The van der Waals surface area contributed by atoms with Crippen LogP contribution in [0.3, 0.4) is 0 Å². The topological polar surface area (TPSA) is 85.4 Å². The van der Waals surface area contributed by atoms with Gasteiger partial charge in [0.25, 0.3) is 0 Å². The van der Waals surface area contributed by atoms with E-state index in [4.69, 9.17) is 10.8 Å². The summed E-state index contributed by atoms with van der Waals surface area (Å²) >= 11 is 0. The molecule has 3 N–H and O–H groups in total. The van der Waals surface area contributed by atoms with E-state index in [1.165, 1.54) is 0 Å². The van der Waals surface area contributed by atoms with E-state index in [1.807, 2.05) is 0 Å². The van der Waals surface area contributed by atoms with E-state index >= 15 is 0 Å².